The highest BCUT2D eigenvalue weighted by Crippen LogP contribution is 2.61. The zero-order chi connectivity index (χ0) is 13.7. The van der Waals surface area contributed by atoms with Crippen LogP contribution in [0.2, 0.25) is 0 Å². The first-order valence-electron chi connectivity index (χ1n) is 7.55. The van der Waals surface area contributed by atoms with Gasteiger partial charge in [-0.15, -0.1) is 0 Å². The zero-order valence-corrected chi connectivity index (χ0v) is 11.9. The number of aromatic nitrogens is 2. The fraction of sp³-hybridized carbons (Fsp3) is 0.471. The molecule has 1 fully saturated rings. The monoisotopic (exact) mass is 267 g/mol. The molecule has 3 heteroatoms. The molecule has 2 aromatic rings. The fourth-order valence-corrected chi connectivity index (χ4v) is 4.19. The number of benzene rings is 1. The summed E-state index contributed by atoms with van der Waals surface area (Å²) in [6, 6.07) is 9.19. The number of hydrogen-bond acceptors (Lipinski definition) is 2. The quantitative estimate of drug-likeness (QED) is 0.927. The second-order valence-electron chi connectivity index (χ2n) is 6.39. The second-order valence-corrected chi connectivity index (χ2v) is 6.39. The van der Waals surface area contributed by atoms with Crippen molar-refractivity contribution < 1.29 is 0 Å². The van der Waals surface area contributed by atoms with E-state index >= 15 is 0 Å². The molecule has 0 spiro atoms. The molecule has 3 nitrogen and oxygen atoms in total. The van der Waals surface area contributed by atoms with E-state index in [0.29, 0.717) is 11.8 Å². The van der Waals surface area contributed by atoms with E-state index in [1.54, 1.807) is 11.1 Å². The van der Waals surface area contributed by atoms with Crippen LogP contribution in [0.25, 0.3) is 0 Å². The second kappa shape index (κ2) is 4.45. The fourth-order valence-electron chi connectivity index (χ4n) is 4.19. The summed E-state index contributed by atoms with van der Waals surface area (Å²) in [5.41, 5.74) is 10.9. The third kappa shape index (κ3) is 1.88. The van der Waals surface area contributed by atoms with Gasteiger partial charge in [-0.3, -0.25) is 4.68 Å². The molecule has 4 atom stereocenters. The summed E-state index contributed by atoms with van der Waals surface area (Å²) >= 11 is 0. The summed E-state index contributed by atoms with van der Waals surface area (Å²) in [5.74, 6) is 2.20. The number of rotatable bonds is 3. The zero-order valence-electron chi connectivity index (χ0n) is 11.9. The standard InChI is InChI=1S/C17H21N3/c1-20-10-11(9-19-20)8-15(18)17-14-7-6-12-4-2-3-5-13(12)16(14)17/h2-5,9-10,14-17H,6-8,18H2,1H3. The molecule has 104 valence electrons. The molecule has 20 heavy (non-hydrogen) atoms. The Bertz CT molecular complexity index is 631. The van der Waals surface area contributed by atoms with Crippen LogP contribution in [-0.2, 0) is 19.9 Å². The first-order valence-corrected chi connectivity index (χ1v) is 7.55. The van der Waals surface area contributed by atoms with E-state index in [2.05, 4.69) is 35.6 Å². The molecule has 2 N–H and O–H groups in total. The SMILES string of the molecule is Cn1cc(CC(N)C2C3CCc4ccccc4C32)cn1. The predicted octanol–water partition coefficient (Wildman–Crippen LogP) is 2.27. The molecule has 1 heterocycles. The van der Waals surface area contributed by atoms with Crippen molar-refractivity contribution >= 4 is 0 Å². The van der Waals surface area contributed by atoms with Crippen LogP contribution in [0, 0.1) is 11.8 Å². The molecule has 0 aliphatic heterocycles. The van der Waals surface area contributed by atoms with Gasteiger partial charge in [0, 0.05) is 19.3 Å². The molecule has 1 aromatic heterocycles. The predicted molar refractivity (Wildman–Crippen MR) is 79.4 cm³/mol. The first kappa shape index (κ1) is 12.2. The molecule has 0 saturated heterocycles. The molecule has 2 aliphatic carbocycles. The molecule has 0 radical (unpaired) electrons. The highest BCUT2D eigenvalue weighted by atomic mass is 15.2. The lowest BCUT2D eigenvalue weighted by molar-refractivity contribution is 0.532. The lowest BCUT2D eigenvalue weighted by atomic mass is 9.92. The van der Waals surface area contributed by atoms with E-state index < -0.39 is 0 Å². The van der Waals surface area contributed by atoms with E-state index in [1.165, 1.54) is 18.4 Å². The van der Waals surface area contributed by atoms with Crippen molar-refractivity contribution in [2.75, 3.05) is 0 Å². The smallest absolute Gasteiger partial charge is 0.0522 e. The summed E-state index contributed by atoms with van der Waals surface area (Å²) in [4.78, 5) is 0. The molecule has 0 amide bonds. The van der Waals surface area contributed by atoms with Crippen molar-refractivity contribution in [3.8, 4) is 0 Å². The number of fused-ring (bicyclic) bond motifs is 3. The number of hydrogen-bond donors (Lipinski definition) is 1. The maximum absolute atomic E-state index is 6.50. The van der Waals surface area contributed by atoms with Crippen LogP contribution in [0.5, 0.6) is 0 Å². The molecule has 2 aliphatic rings. The average molecular weight is 267 g/mol. The molecular formula is C17H21N3. The van der Waals surface area contributed by atoms with Gasteiger partial charge >= 0.3 is 0 Å². The van der Waals surface area contributed by atoms with Crippen molar-refractivity contribution in [1.29, 1.82) is 0 Å². The molecular weight excluding hydrogens is 246 g/mol. The van der Waals surface area contributed by atoms with Crippen molar-refractivity contribution in [1.82, 2.24) is 9.78 Å². The highest BCUT2D eigenvalue weighted by molar-refractivity contribution is 5.40. The van der Waals surface area contributed by atoms with Crippen molar-refractivity contribution in [2.45, 2.75) is 31.2 Å². The van der Waals surface area contributed by atoms with Gasteiger partial charge in [0.15, 0.2) is 0 Å². The van der Waals surface area contributed by atoms with Gasteiger partial charge in [0.2, 0.25) is 0 Å². The Morgan fingerprint density at radius 3 is 3.05 bits per heavy atom. The minimum Gasteiger partial charge on any atom is -0.327 e. The van der Waals surface area contributed by atoms with E-state index in [9.17, 15) is 0 Å². The summed E-state index contributed by atoms with van der Waals surface area (Å²) < 4.78 is 1.86. The highest BCUT2D eigenvalue weighted by Gasteiger charge is 2.55. The Labute approximate surface area is 119 Å². The number of nitrogens with zero attached hydrogens (tertiary/aromatic N) is 2. The van der Waals surface area contributed by atoms with Crippen molar-refractivity contribution in [3.05, 3.63) is 53.3 Å². The molecule has 0 bridgehead atoms. The minimum atomic E-state index is 0.264. The van der Waals surface area contributed by atoms with Crippen LogP contribution in [0.15, 0.2) is 36.7 Å². The Balaban J connectivity index is 1.52. The van der Waals surface area contributed by atoms with Gasteiger partial charge in [0.1, 0.15) is 0 Å². The van der Waals surface area contributed by atoms with Gasteiger partial charge in [-0.25, -0.2) is 0 Å². The van der Waals surface area contributed by atoms with Crippen LogP contribution in [0.1, 0.15) is 29.0 Å². The van der Waals surface area contributed by atoms with Gasteiger partial charge in [-0.2, -0.15) is 5.10 Å². The van der Waals surface area contributed by atoms with E-state index in [4.69, 9.17) is 5.73 Å². The van der Waals surface area contributed by atoms with Crippen LogP contribution in [-0.4, -0.2) is 15.8 Å². The summed E-state index contributed by atoms with van der Waals surface area (Å²) in [5, 5.41) is 4.24. The third-order valence-corrected chi connectivity index (χ3v) is 5.11. The van der Waals surface area contributed by atoms with Crippen LogP contribution >= 0.6 is 0 Å². The minimum absolute atomic E-state index is 0.264. The topological polar surface area (TPSA) is 43.8 Å². The number of nitrogens with two attached hydrogens (primary N) is 1. The third-order valence-electron chi connectivity index (χ3n) is 5.11. The van der Waals surface area contributed by atoms with Gasteiger partial charge in [-0.1, -0.05) is 24.3 Å². The molecule has 1 saturated carbocycles. The molecule has 1 aromatic carbocycles. The normalized spacial score (nSPS) is 28.6. The largest absolute Gasteiger partial charge is 0.327 e. The van der Waals surface area contributed by atoms with Crippen LogP contribution in [0.4, 0.5) is 0 Å². The van der Waals surface area contributed by atoms with E-state index in [1.807, 2.05) is 17.9 Å². The molecule has 4 rings (SSSR count). The Morgan fingerprint density at radius 2 is 2.25 bits per heavy atom. The maximum Gasteiger partial charge on any atom is 0.0522 e. The van der Waals surface area contributed by atoms with E-state index in [0.717, 1.165) is 12.3 Å². The Morgan fingerprint density at radius 1 is 1.40 bits per heavy atom. The first-order chi connectivity index (χ1) is 9.74. The van der Waals surface area contributed by atoms with Crippen LogP contribution < -0.4 is 5.73 Å². The Hall–Kier alpha value is -1.61. The number of aryl methyl sites for hydroxylation is 2. The van der Waals surface area contributed by atoms with Crippen molar-refractivity contribution in [2.24, 2.45) is 24.6 Å². The summed E-state index contributed by atoms with van der Waals surface area (Å²) in [6.45, 7) is 0. The molecule has 4 unspecified atom stereocenters. The van der Waals surface area contributed by atoms with Gasteiger partial charge < -0.3 is 5.73 Å². The Kier molecular flexibility index (Phi) is 2.71. The summed E-state index contributed by atoms with van der Waals surface area (Å²) in [6.07, 6.45) is 7.52. The maximum atomic E-state index is 6.50. The average Bonchev–Trinajstić information content (AvgIpc) is 3.08. The lowest BCUT2D eigenvalue weighted by Crippen LogP contribution is -2.26. The van der Waals surface area contributed by atoms with Crippen molar-refractivity contribution in [3.63, 3.8) is 0 Å². The van der Waals surface area contributed by atoms with Gasteiger partial charge in [-0.05, 0) is 53.7 Å². The summed E-state index contributed by atoms with van der Waals surface area (Å²) in [7, 11) is 1.96. The van der Waals surface area contributed by atoms with Crippen LogP contribution in [0.3, 0.4) is 0 Å². The van der Waals surface area contributed by atoms with Gasteiger partial charge in [0.25, 0.3) is 0 Å². The van der Waals surface area contributed by atoms with E-state index in [-0.39, 0.29) is 6.04 Å². The van der Waals surface area contributed by atoms with Gasteiger partial charge in [0.05, 0.1) is 6.20 Å². The lowest BCUT2D eigenvalue weighted by Gasteiger charge is -2.13.